The standard InChI is InChI=1S/C13H16N4O/c1-14-12(11-3-5-15-6-4-11)13(18)17-9-7-16(2)8-10-17/h3-6,12H,7-10H2,2H3. The lowest BCUT2D eigenvalue weighted by Crippen LogP contribution is -2.48. The van der Waals surface area contributed by atoms with Crippen LogP contribution in [0.1, 0.15) is 11.6 Å². The smallest absolute Gasteiger partial charge is 0.325 e. The molecule has 0 N–H and O–H groups in total. The van der Waals surface area contributed by atoms with Crippen molar-refractivity contribution in [2.24, 2.45) is 0 Å². The minimum Gasteiger partial charge on any atom is -0.333 e. The Morgan fingerprint density at radius 1 is 1.33 bits per heavy atom. The van der Waals surface area contributed by atoms with Crippen LogP contribution in [0.5, 0.6) is 0 Å². The number of pyridine rings is 1. The molecule has 1 atom stereocenters. The molecule has 1 aromatic rings. The number of hydrogen-bond donors (Lipinski definition) is 0. The van der Waals surface area contributed by atoms with E-state index in [0.29, 0.717) is 13.1 Å². The van der Waals surface area contributed by atoms with E-state index in [1.807, 2.05) is 7.05 Å². The van der Waals surface area contributed by atoms with Crippen LogP contribution in [0.4, 0.5) is 0 Å². The van der Waals surface area contributed by atoms with Gasteiger partial charge in [0.2, 0.25) is 0 Å². The van der Waals surface area contributed by atoms with E-state index in [-0.39, 0.29) is 5.91 Å². The van der Waals surface area contributed by atoms with Gasteiger partial charge >= 0.3 is 11.9 Å². The number of hydrogen-bond acceptors (Lipinski definition) is 3. The first-order valence-electron chi connectivity index (χ1n) is 5.96. The van der Waals surface area contributed by atoms with Gasteiger partial charge < -0.3 is 9.80 Å². The average Bonchev–Trinajstić information content (AvgIpc) is 2.41. The third-order valence-electron chi connectivity index (χ3n) is 3.20. The molecule has 1 amide bonds. The predicted octanol–water partition coefficient (Wildman–Crippen LogP) is 0.816. The maximum absolute atomic E-state index is 12.3. The lowest BCUT2D eigenvalue weighted by atomic mass is 10.1. The van der Waals surface area contributed by atoms with Crippen molar-refractivity contribution in [2.45, 2.75) is 6.04 Å². The summed E-state index contributed by atoms with van der Waals surface area (Å²) in [7, 11) is 2.04. The van der Waals surface area contributed by atoms with Crippen LogP contribution >= 0.6 is 0 Å². The average molecular weight is 244 g/mol. The van der Waals surface area contributed by atoms with Gasteiger partial charge in [0, 0.05) is 44.1 Å². The molecule has 0 aliphatic carbocycles. The summed E-state index contributed by atoms with van der Waals surface area (Å²) in [6, 6.07) is 2.74. The fourth-order valence-corrected chi connectivity index (χ4v) is 2.02. The first kappa shape index (κ1) is 12.5. The highest BCUT2D eigenvalue weighted by Crippen LogP contribution is 2.20. The summed E-state index contributed by atoms with van der Waals surface area (Å²) in [5.74, 6) is -0.0932. The zero-order valence-electron chi connectivity index (χ0n) is 10.4. The van der Waals surface area contributed by atoms with Gasteiger partial charge in [0.25, 0.3) is 0 Å². The van der Waals surface area contributed by atoms with Gasteiger partial charge in [0.15, 0.2) is 0 Å². The Kier molecular flexibility index (Phi) is 3.90. The molecule has 1 saturated heterocycles. The molecule has 1 unspecified atom stereocenters. The second-order valence-corrected chi connectivity index (χ2v) is 4.44. The van der Waals surface area contributed by atoms with E-state index < -0.39 is 6.04 Å². The fourth-order valence-electron chi connectivity index (χ4n) is 2.02. The Labute approximate surface area is 107 Å². The van der Waals surface area contributed by atoms with Crippen molar-refractivity contribution in [1.29, 1.82) is 0 Å². The van der Waals surface area contributed by atoms with Crippen molar-refractivity contribution in [3.63, 3.8) is 0 Å². The summed E-state index contributed by atoms with van der Waals surface area (Å²) < 4.78 is 0. The van der Waals surface area contributed by atoms with E-state index in [4.69, 9.17) is 6.57 Å². The van der Waals surface area contributed by atoms with Crippen molar-refractivity contribution in [1.82, 2.24) is 14.8 Å². The summed E-state index contributed by atoms with van der Waals surface area (Å²) in [6.07, 6.45) is 3.23. The molecule has 1 aliphatic heterocycles. The van der Waals surface area contributed by atoms with Crippen LogP contribution in [0.15, 0.2) is 24.5 Å². The normalized spacial score (nSPS) is 18.1. The highest BCUT2D eigenvalue weighted by atomic mass is 16.2. The molecule has 0 saturated carbocycles. The molecule has 2 rings (SSSR count). The quantitative estimate of drug-likeness (QED) is 0.723. The Morgan fingerprint density at radius 3 is 2.50 bits per heavy atom. The molecule has 5 nitrogen and oxygen atoms in total. The Balaban J connectivity index is 2.10. The van der Waals surface area contributed by atoms with Gasteiger partial charge in [-0.05, 0) is 19.2 Å². The summed E-state index contributed by atoms with van der Waals surface area (Å²) >= 11 is 0. The summed E-state index contributed by atoms with van der Waals surface area (Å²) in [5.41, 5.74) is 0.726. The molecule has 0 aromatic carbocycles. The number of carbonyl (C=O) groups is 1. The number of likely N-dealkylation sites (N-methyl/N-ethyl adjacent to an activating group) is 1. The molecular weight excluding hydrogens is 228 g/mol. The minimum atomic E-state index is -0.726. The third kappa shape index (κ3) is 2.66. The van der Waals surface area contributed by atoms with Gasteiger partial charge in [-0.3, -0.25) is 14.6 Å². The zero-order valence-corrected chi connectivity index (χ0v) is 10.4. The SMILES string of the molecule is [C-]#[N+]C(C(=O)N1CCN(C)CC1)c1ccncc1. The van der Waals surface area contributed by atoms with Crippen LogP contribution in [0.3, 0.4) is 0 Å². The highest BCUT2D eigenvalue weighted by Gasteiger charge is 2.32. The van der Waals surface area contributed by atoms with Crippen molar-refractivity contribution < 1.29 is 4.79 Å². The minimum absolute atomic E-state index is 0.0932. The lowest BCUT2D eigenvalue weighted by molar-refractivity contribution is -0.133. The van der Waals surface area contributed by atoms with E-state index in [1.54, 1.807) is 29.4 Å². The maximum atomic E-state index is 12.3. The van der Waals surface area contributed by atoms with Crippen molar-refractivity contribution >= 4 is 5.91 Å². The Bertz CT molecular complexity index is 446. The summed E-state index contributed by atoms with van der Waals surface area (Å²) in [5, 5.41) is 0. The maximum Gasteiger partial charge on any atom is 0.325 e. The van der Waals surface area contributed by atoms with Crippen LogP contribution < -0.4 is 0 Å². The molecule has 0 radical (unpaired) electrons. The molecule has 1 aliphatic rings. The molecular formula is C13H16N4O. The molecule has 1 aromatic heterocycles. The second kappa shape index (κ2) is 5.61. The van der Waals surface area contributed by atoms with Crippen LogP contribution in [-0.2, 0) is 4.79 Å². The number of rotatable bonds is 2. The predicted molar refractivity (Wildman–Crippen MR) is 67.7 cm³/mol. The van der Waals surface area contributed by atoms with Crippen LogP contribution in [0.2, 0.25) is 0 Å². The number of amides is 1. The number of piperazine rings is 1. The molecule has 0 bridgehead atoms. The third-order valence-corrected chi connectivity index (χ3v) is 3.20. The van der Waals surface area contributed by atoms with Gasteiger partial charge in [-0.2, -0.15) is 0 Å². The van der Waals surface area contributed by atoms with Crippen molar-refractivity contribution in [3.05, 3.63) is 41.5 Å². The zero-order chi connectivity index (χ0) is 13.0. The van der Waals surface area contributed by atoms with Crippen molar-refractivity contribution in [2.75, 3.05) is 33.2 Å². The van der Waals surface area contributed by atoms with Crippen LogP contribution in [0.25, 0.3) is 4.85 Å². The number of aromatic nitrogens is 1. The van der Waals surface area contributed by atoms with E-state index in [2.05, 4.69) is 14.7 Å². The lowest BCUT2D eigenvalue weighted by Gasteiger charge is -2.32. The largest absolute Gasteiger partial charge is 0.333 e. The first-order chi connectivity index (χ1) is 8.72. The van der Waals surface area contributed by atoms with Crippen LogP contribution in [-0.4, -0.2) is 53.9 Å². The molecule has 18 heavy (non-hydrogen) atoms. The topological polar surface area (TPSA) is 40.8 Å². The fraction of sp³-hybridized carbons (Fsp3) is 0.462. The number of carbonyl (C=O) groups excluding carboxylic acids is 1. The van der Waals surface area contributed by atoms with E-state index in [9.17, 15) is 4.79 Å². The Morgan fingerprint density at radius 2 is 1.94 bits per heavy atom. The first-order valence-corrected chi connectivity index (χ1v) is 5.96. The van der Waals surface area contributed by atoms with Gasteiger partial charge in [-0.15, -0.1) is 0 Å². The molecule has 1 fully saturated rings. The van der Waals surface area contributed by atoms with Gasteiger partial charge in [-0.25, -0.2) is 6.57 Å². The van der Waals surface area contributed by atoms with Gasteiger partial charge in [-0.1, -0.05) is 0 Å². The highest BCUT2D eigenvalue weighted by molar-refractivity contribution is 5.85. The molecule has 94 valence electrons. The summed E-state index contributed by atoms with van der Waals surface area (Å²) in [6.45, 7) is 10.4. The molecule has 5 heteroatoms. The Hall–Kier alpha value is -1.93. The number of nitrogens with zero attached hydrogens (tertiary/aromatic N) is 4. The van der Waals surface area contributed by atoms with E-state index in [0.717, 1.165) is 18.7 Å². The monoisotopic (exact) mass is 244 g/mol. The molecule has 0 spiro atoms. The van der Waals surface area contributed by atoms with E-state index >= 15 is 0 Å². The van der Waals surface area contributed by atoms with Gasteiger partial charge in [0.05, 0.1) is 0 Å². The van der Waals surface area contributed by atoms with Gasteiger partial charge in [0.1, 0.15) is 0 Å². The van der Waals surface area contributed by atoms with Crippen LogP contribution in [0, 0.1) is 6.57 Å². The van der Waals surface area contributed by atoms with Crippen molar-refractivity contribution in [3.8, 4) is 0 Å². The second-order valence-electron chi connectivity index (χ2n) is 4.44. The summed E-state index contributed by atoms with van der Waals surface area (Å²) in [4.78, 5) is 23.7. The van der Waals surface area contributed by atoms with E-state index in [1.165, 1.54) is 0 Å². The molecule has 2 heterocycles.